The molecule has 1 aliphatic rings. The van der Waals surface area contributed by atoms with Crippen LogP contribution in [0.2, 0.25) is 5.15 Å². The Morgan fingerprint density at radius 2 is 2.14 bits per heavy atom. The highest BCUT2D eigenvalue weighted by molar-refractivity contribution is 6.30. The van der Waals surface area contributed by atoms with Crippen LogP contribution in [-0.2, 0) is 24.2 Å². The molecule has 1 atom stereocenters. The van der Waals surface area contributed by atoms with Gasteiger partial charge in [-0.15, -0.1) is 0 Å². The molecule has 0 aliphatic heterocycles. The first-order valence-electron chi connectivity index (χ1n) is 7.69. The molecule has 0 saturated carbocycles. The molecule has 22 heavy (non-hydrogen) atoms. The second-order valence-corrected chi connectivity index (χ2v) is 7.40. The highest BCUT2D eigenvalue weighted by Crippen LogP contribution is 2.36. The first-order chi connectivity index (χ1) is 10.2. The Morgan fingerprint density at radius 1 is 1.45 bits per heavy atom. The van der Waals surface area contributed by atoms with Crippen LogP contribution >= 0.6 is 11.6 Å². The first kappa shape index (κ1) is 17.2. The van der Waals surface area contributed by atoms with Crippen LogP contribution < -0.4 is 5.32 Å². The van der Waals surface area contributed by atoms with Gasteiger partial charge in [0.1, 0.15) is 16.5 Å². The molecule has 1 aromatic rings. The van der Waals surface area contributed by atoms with Crippen LogP contribution in [0.3, 0.4) is 0 Å². The lowest BCUT2D eigenvalue weighted by Gasteiger charge is -2.31. The van der Waals surface area contributed by atoms with E-state index < -0.39 is 11.5 Å². The molecule has 2 N–H and O–H groups in total. The van der Waals surface area contributed by atoms with Crippen molar-refractivity contribution in [1.29, 1.82) is 0 Å². The Kier molecular flexibility index (Phi) is 4.78. The van der Waals surface area contributed by atoms with Gasteiger partial charge in [-0.25, -0.2) is 9.97 Å². The molecular weight excluding hydrogens is 302 g/mol. The van der Waals surface area contributed by atoms with E-state index in [9.17, 15) is 9.90 Å². The summed E-state index contributed by atoms with van der Waals surface area (Å²) in [6.45, 7) is 8.25. The minimum absolute atomic E-state index is 0.226. The molecule has 0 spiro atoms. The van der Waals surface area contributed by atoms with Gasteiger partial charge in [-0.2, -0.15) is 0 Å². The zero-order chi connectivity index (χ0) is 16.5. The Hall–Kier alpha value is -1.20. The average Bonchev–Trinajstić information content (AvgIpc) is 2.45. The van der Waals surface area contributed by atoms with Gasteiger partial charge in [-0.05, 0) is 38.0 Å². The number of fused-ring (bicyclic) bond motifs is 1. The van der Waals surface area contributed by atoms with Crippen molar-refractivity contribution >= 4 is 17.6 Å². The lowest BCUT2D eigenvalue weighted by molar-refractivity contribution is -0.144. The molecule has 2 rings (SSSR count). The van der Waals surface area contributed by atoms with Crippen molar-refractivity contribution in [2.75, 3.05) is 0 Å². The number of halogens is 1. The third kappa shape index (κ3) is 3.58. The van der Waals surface area contributed by atoms with E-state index in [0.29, 0.717) is 23.9 Å². The minimum atomic E-state index is -0.978. The summed E-state index contributed by atoms with van der Waals surface area (Å²) in [4.78, 5) is 20.2. The molecule has 6 heteroatoms. The standard InChI is InChI=1S/C16H24ClN3O2/c1-5-16(4,14(21)22)18-9-12-19-11-6-7-15(2,3)8-10(11)13(17)20-12/h18H,5-9H2,1-4H3,(H,21,22). The fraction of sp³-hybridized carbons (Fsp3) is 0.688. The Balaban J connectivity index is 2.18. The third-order valence-corrected chi connectivity index (χ3v) is 4.91. The molecule has 0 radical (unpaired) electrons. The number of rotatable bonds is 5. The lowest BCUT2D eigenvalue weighted by Crippen LogP contribution is -2.48. The summed E-state index contributed by atoms with van der Waals surface area (Å²) in [5.41, 5.74) is 1.29. The van der Waals surface area contributed by atoms with Gasteiger partial charge in [0.25, 0.3) is 0 Å². The SMILES string of the molecule is CCC(C)(NCc1nc(Cl)c2c(n1)CCC(C)(C)C2)C(=O)O. The van der Waals surface area contributed by atoms with Crippen LogP contribution in [0.1, 0.15) is 57.6 Å². The molecule has 1 aliphatic carbocycles. The van der Waals surface area contributed by atoms with Crippen molar-refractivity contribution < 1.29 is 9.90 Å². The highest BCUT2D eigenvalue weighted by Gasteiger charge is 2.32. The predicted octanol–water partition coefficient (Wildman–Crippen LogP) is 2.99. The smallest absolute Gasteiger partial charge is 0.323 e. The van der Waals surface area contributed by atoms with Gasteiger partial charge < -0.3 is 5.11 Å². The zero-order valence-corrected chi connectivity index (χ0v) is 14.4. The number of aliphatic carboxylic acids is 1. The van der Waals surface area contributed by atoms with E-state index in [2.05, 4.69) is 29.1 Å². The molecule has 0 bridgehead atoms. The molecular formula is C16H24ClN3O2. The van der Waals surface area contributed by atoms with Gasteiger partial charge in [0, 0.05) is 11.3 Å². The fourth-order valence-electron chi connectivity index (χ4n) is 2.66. The van der Waals surface area contributed by atoms with Crippen LogP contribution in [0.4, 0.5) is 0 Å². The number of nitrogens with one attached hydrogen (secondary N) is 1. The number of aromatic nitrogens is 2. The van der Waals surface area contributed by atoms with Crippen molar-refractivity contribution in [3.8, 4) is 0 Å². The van der Waals surface area contributed by atoms with E-state index in [1.165, 1.54) is 0 Å². The summed E-state index contributed by atoms with van der Waals surface area (Å²) < 4.78 is 0. The number of hydrogen-bond acceptors (Lipinski definition) is 4. The van der Waals surface area contributed by atoms with Crippen molar-refractivity contribution in [3.63, 3.8) is 0 Å². The third-order valence-electron chi connectivity index (χ3n) is 4.60. The molecule has 5 nitrogen and oxygen atoms in total. The largest absolute Gasteiger partial charge is 0.480 e. The van der Waals surface area contributed by atoms with Crippen molar-refractivity contribution in [2.45, 2.75) is 65.5 Å². The minimum Gasteiger partial charge on any atom is -0.480 e. The van der Waals surface area contributed by atoms with E-state index in [1.807, 2.05) is 6.92 Å². The fourth-order valence-corrected chi connectivity index (χ4v) is 2.93. The molecule has 0 amide bonds. The van der Waals surface area contributed by atoms with Crippen LogP contribution in [0.25, 0.3) is 0 Å². The summed E-state index contributed by atoms with van der Waals surface area (Å²) >= 11 is 6.33. The highest BCUT2D eigenvalue weighted by atomic mass is 35.5. The van der Waals surface area contributed by atoms with E-state index in [0.717, 1.165) is 30.5 Å². The second kappa shape index (κ2) is 6.13. The first-order valence-corrected chi connectivity index (χ1v) is 8.07. The van der Waals surface area contributed by atoms with Crippen molar-refractivity contribution in [3.05, 3.63) is 22.2 Å². The van der Waals surface area contributed by atoms with Crippen molar-refractivity contribution in [2.24, 2.45) is 5.41 Å². The summed E-state index contributed by atoms with van der Waals surface area (Å²) in [7, 11) is 0. The van der Waals surface area contributed by atoms with Gasteiger partial charge >= 0.3 is 5.97 Å². The lowest BCUT2D eigenvalue weighted by atomic mass is 9.76. The number of nitrogens with zero attached hydrogens (tertiary/aromatic N) is 2. The number of carbonyl (C=O) groups is 1. The normalized spacial score (nSPS) is 19.3. The van der Waals surface area contributed by atoms with Gasteiger partial charge in [0.05, 0.1) is 6.54 Å². The molecule has 122 valence electrons. The van der Waals surface area contributed by atoms with Crippen molar-refractivity contribution in [1.82, 2.24) is 15.3 Å². The second-order valence-electron chi connectivity index (χ2n) is 7.04. The maximum Gasteiger partial charge on any atom is 0.323 e. The van der Waals surface area contributed by atoms with E-state index in [-0.39, 0.29) is 5.41 Å². The quantitative estimate of drug-likeness (QED) is 0.814. The maximum absolute atomic E-state index is 11.3. The summed E-state index contributed by atoms with van der Waals surface area (Å²) in [5.74, 6) is -0.315. The average molecular weight is 326 g/mol. The Bertz CT molecular complexity index is 589. The molecule has 1 heterocycles. The molecule has 1 aromatic heterocycles. The summed E-state index contributed by atoms with van der Waals surface area (Å²) in [6, 6.07) is 0. The van der Waals surface area contributed by atoms with Gasteiger partial charge in [-0.3, -0.25) is 10.1 Å². The molecule has 0 fully saturated rings. The predicted molar refractivity (Wildman–Crippen MR) is 86.0 cm³/mol. The van der Waals surface area contributed by atoms with Crippen LogP contribution in [0.5, 0.6) is 0 Å². The molecule has 0 saturated heterocycles. The summed E-state index contributed by atoms with van der Waals surface area (Å²) in [5, 5.41) is 12.8. The number of aryl methyl sites for hydroxylation is 1. The molecule has 0 aromatic carbocycles. The van der Waals surface area contributed by atoms with E-state index in [4.69, 9.17) is 11.6 Å². The Morgan fingerprint density at radius 3 is 2.73 bits per heavy atom. The maximum atomic E-state index is 11.3. The molecule has 1 unspecified atom stereocenters. The van der Waals surface area contributed by atoms with Gasteiger partial charge in [0.15, 0.2) is 0 Å². The van der Waals surface area contributed by atoms with Crippen LogP contribution in [0, 0.1) is 5.41 Å². The topological polar surface area (TPSA) is 75.1 Å². The van der Waals surface area contributed by atoms with Crippen LogP contribution in [0.15, 0.2) is 0 Å². The number of carboxylic acids is 1. The van der Waals surface area contributed by atoms with E-state index in [1.54, 1.807) is 6.92 Å². The monoisotopic (exact) mass is 325 g/mol. The summed E-state index contributed by atoms with van der Waals surface area (Å²) in [6.07, 6.45) is 3.33. The number of carboxylic acid groups (broad SMARTS) is 1. The zero-order valence-electron chi connectivity index (χ0n) is 13.7. The Labute approximate surface area is 136 Å². The van der Waals surface area contributed by atoms with Crippen LogP contribution in [-0.4, -0.2) is 26.6 Å². The van der Waals surface area contributed by atoms with Gasteiger partial charge in [-0.1, -0.05) is 32.4 Å². The van der Waals surface area contributed by atoms with E-state index >= 15 is 0 Å². The number of hydrogen-bond donors (Lipinski definition) is 2. The van der Waals surface area contributed by atoms with Gasteiger partial charge in [0.2, 0.25) is 0 Å².